The Labute approximate surface area is 183 Å². The van der Waals surface area contributed by atoms with Crippen LogP contribution in [-0.4, -0.2) is 81.0 Å². The van der Waals surface area contributed by atoms with Crippen LogP contribution in [0.2, 0.25) is 0 Å². The van der Waals surface area contributed by atoms with Crippen LogP contribution in [0.3, 0.4) is 0 Å². The average Bonchev–Trinajstić information content (AvgIpc) is 3.12. The van der Waals surface area contributed by atoms with Crippen LogP contribution in [-0.2, 0) is 4.74 Å². The number of hydrogen-bond donors (Lipinski definition) is 1. The first-order chi connectivity index (χ1) is 12.7. The minimum Gasteiger partial charge on any atom is -0.379 e. The molecule has 2 heterocycles. The summed E-state index contributed by atoms with van der Waals surface area (Å²) in [5.41, 5.74) is 0. The number of halogens is 2. The smallest absolute Gasteiger partial charge is 0.193 e. The van der Waals surface area contributed by atoms with Crippen molar-refractivity contribution in [2.45, 2.75) is 11.3 Å². The van der Waals surface area contributed by atoms with Gasteiger partial charge in [0, 0.05) is 57.0 Å². The zero-order chi connectivity index (χ0) is 18.2. The topological polar surface area (TPSA) is 40.1 Å². The first kappa shape index (κ1) is 22.7. The van der Waals surface area contributed by atoms with E-state index in [1.165, 1.54) is 18.6 Å². The van der Waals surface area contributed by atoms with Gasteiger partial charge in [0.2, 0.25) is 0 Å². The fourth-order valence-corrected chi connectivity index (χ4v) is 4.29. The van der Waals surface area contributed by atoms with Gasteiger partial charge in [0.05, 0.1) is 13.2 Å². The molecule has 1 unspecified atom stereocenters. The molecular weight excluding hydrogens is 478 g/mol. The number of ether oxygens (including phenoxy) is 1. The molecule has 1 atom stereocenters. The van der Waals surface area contributed by atoms with Gasteiger partial charge in [-0.1, -0.05) is 0 Å². The highest BCUT2D eigenvalue weighted by molar-refractivity contribution is 14.0. The van der Waals surface area contributed by atoms with E-state index < -0.39 is 0 Å². The number of hydrogen-bond acceptors (Lipinski definition) is 4. The molecule has 1 aromatic carbocycles. The van der Waals surface area contributed by atoms with Crippen molar-refractivity contribution in [2.75, 3.05) is 65.3 Å². The number of nitrogens with one attached hydrogen (secondary N) is 1. The van der Waals surface area contributed by atoms with Gasteiger partial charge in [-0.2, -0.15) is 0 Å². The number of nitrogens with zero attached hydrogens (tertiary/aromatic N) is 3. The van der Waals surface area contributed by atoms with Crippen molar-refractivity contribution in [1.29, 1.82) is 0 Å². The Kier molecular flexibility index (Phi) is 10.2. The van der Waals surface area contributed by atoms with E-state index in [9.17, 15) is 4.39 Å². The van der Waals surface area contributed by atoms with Crippen LogP contribution < -0.4 is 5.32 Å². The predicted octanol–water partition coefficient (Wildman–Crippen LogP) is 2.77. The quantitative estimate of drug-likeness (QED) is 0.211. The molecule has 2 aliphatic rings. The first-order valence-electron chi connectivity index (χ1n) is 9.38. The van der Waals surface area contributed by atoms with E-state index in [1.807, 2.05) is 19.2 Å². The van der Waals surface area contributed by atoms with Gasteiger partial charge in [0.25, 0.3) is 0 Å². The molecule has 8 heteroatoms. The molecule has 3 rings (SSSR count). The maximum absolute atomic E-state index is 12.9. The van der Waals surface area contributed by atoms with Crippen molar-refractivity contribution in [3.05, 3.63) is 30.1 Å². The largest absolute Gasteiger partial charge is 0.379 e. The molecule has 2 fully saturated rings. The Bertz CT molecular complexity index is 584. The van der Waals surface area contributed by atoms with Crippen LogP contribution in [0.15, 0.2) is 34.2 Å². The third-order valence-corrected chi connectivity index (χ3v) is 5.90. The molecule has 27 heavy (non-hydrogen) atoms. The van der Waals surface area contributed by atoms with Crippen molar-refractivity contribution in [3.8, 4) is 0 Å². The lowest BCUT2D eigenvalue weighted by atomic mass is 10.1. The Hall–Kier alpha value is -0.580. The Morgan fingerprint density at radius 3 is 2.70 bits per heavy atom. The minimum absolute atomic E-state index is 0. The van der Waals surface area contributed by atoms with Crippen LogP contribution in [0.5, 0.6) is 0 Å². The molecule has 0 aliphatic carbocycles. The summed E-state index contributed by atoms with van der Waals surface area (Å²) in [6.45, 7) is 8.00. The van der Waals surface area contributed by atoms with Crippen molar-refractivity contribution in [2.24, 2.45) is 10.9 Å². The van der Waals surface area contributed by atoms with E-state index >= 15 is 0 Å². The van der Waals surface area contributed by atoms with E-state index in [2.05, 4.69) is 20.1 Å². The summed E-state index contributed by atoms with van der Waals surface area (Å²) in [4.78, 5) is 10.4. The maximum Gasteiger partial charge on any atom is 0.193 e. The lowest BCUT2D eigenvalue weighted by Gasteiger charge is -2.29. The van der Waals surface area contributed by atoms with Gasteiger partial charge < -0.3 is 15.0 Å². The molecule has 152 valence electrons. The molecule has 2 saturated heterocycles. The number of likely N-dealkylation sites (tertiary alicyclic amines) is 1. The summed E-state index contributed by atoms with van der Waals surface area (Å²) < 4.78 is 18.4. The van der Waals surface area contributed by atoms with Crippen LogP contribution in [0.4, 0.5) is 4.39 Å². The molecular formula is C19H30FIN4OS. The summed E-state index contributed by atoms with van der Waals surface area (Å²) in [7, 11) is 1.85. The fourth-order valence-electron chi connectivity index (χ4n) is 3.52. The number of guanidine groups is 1. The molecule has 0 amide bonds. The van der Waals surface area contributed by atoms with Gasteiger partial charge in [-0.3, -0.25) is 9.89 Å². The van der Waals surface area contributed by atoms with Crippen molar-refractivity contribution >= 4 is 41.7 Å². The van der Waals surface area contributed by atoms with Crippen molar-refractivity contribution in [1.82, 2.24) is 15.1 Å². The highest BCUT2D eigenvalue weighted by Crippen LogP contribution is 2.19. The second kappa shape index (κ2) is 12.1. The first-order valence-corrected chi connectivity index (χ1v) is 10.4. The number of rotatable bonds is 6. The summed E-state index contributed by atoms with van der Waals surface area (Å²) in [5.74, 6) is 2.44. The molecule has 2 aliphatic heterocycles. The van der Waals surface area contributed by atoms with Gasteiger partial charge >= 0.3 is 0 Å². The highest BCUT2D eigenvalue weighted by Gasteiger charge is 2.26. The van der Waals surface area contributed by atoms with E-state index in [0.717, 1.165) is 69.1 Å². The SMILES string of the molecule is CN=C(NCCSc1ccc(F)cc1)N1CCC(CN2CCOCC2)C1.I. The number of benzene rings is 1. The zero-order valence-corrected chi connectivity index (χ0v) is 19.0. The molecule has 5 nitrogen and oxygen atoms in total. The average molecular weight is 508 g/mol. The summed E-state index contributed by atoms with van der Waals surface area (Å²) in [6, 6.07) is 6.66. The molecule has 0 radical (unpaired) electrons. The summed E-state index contributed by atoms with van der Waals surface area (Å²) in [6.07, 6.45) is 1.22. The van der Waals surface area contributed by atoms with Crippen molar-refractivity contribution < 1.29 is 9.13 Å². The lowest BCUT2D eigenvalue weighted by Crippen LogP contribution is -2.42. The van der Waals surface area contributed by atoms with Gasteiger partial charge in [0.1, 0.15) is 5.82 Å². The number of morpholine rings is 1. The Balaban J connectivity index is 0.00000261. The second-order valence-electron chi connectivity index (χ2n) is 6.79. The summed E-state index contributed by atoms with van der Waals surface area (Å²) >= 11 is 1.73. The van der Waals surface area contributed by atoms with Crippen LogP contribution in [0.25, 0.3) is 0 Å². The molecule has 0 aromatic heterocycles. The molecule has 0 bridgehead atoms. The van der Waals surface area contributed by atoms with Crippen LogP contribution in [0.1, 0.15) is 6.42 Å². The molecule has 1 N–H and O–H groups in total. The second-order valence-corrected chi connectivity index (χ2v) is 7.96. The standard InChI is InChI=1S/C19H29FN4OS.HI/c1-21-19(22-7-13-26-18-4-2-17(20)3-5-18)24-8-6-16(15-24)14-23-9-11-25-12-10-23;/h2-5,16H,6-15H2,1H3,(H,21,22);1H. The third kappa shape index (κ3) is 7.40. The zero-order valence-electron chi connectivity index (χ0n) is 15.9. The summed E-state index contributed by atoms with van der Waals surface area (Å²) in [5, 5.41) is 3.46. The van der Waals surface area contributed by atoms with E-state index in [-0.39, 0.29) is 29.8 Å². The van der Waals surface area contributed by atoms with Crippen LogP contribution >= 0.6 is 35.7 Å². The Morgan fingerprint density at radius 1 is 1.26 bits per heavy atom. The molecule has 0 saturated carbocycles. The monoisotopic (exact) mass is 508 g/mol. The number of aliphatic imine (C=N–C) groups is 1. The molecule has 1 aromatic rings. The fraction of sp³-hybridized carbons (Fsp3) is 0.632. The predicted molar refractivity (Wildman–Crippen MR) is 121 cm³/mol. The maximum atomic E-state index is 12.9. The Morgan fingerprint density at radius 2 is 2.00 bits per heavy atom. The highest BCUT2D eigenvalue weighted by atomic mass is 127. The van der Waals surface area contributed by atoms with Gasteiger partial charge in [0.15, 0.2) is 5.96 Å². The molecule has 0 spiro atoms. The third-order valence-electron chi connectivity index (χ3n) is 4.88. The number of thioether (sulfide) groups is 1. The van der Waals surface area contributed by atoms with Crippen molar-refractivity contribution in [3.63, 3.8) is 0 Å². The lowest BCUT2D eigenvalue weighted by molar-refractivity contribution is 0.0315. The van der Waals surface area contributed by atoms with E-state index in [1.54, 1.807) is 11.8 Å². The van der Waals surface area contributed by atoms with E-state index in [0.29, 0.717) is 5.92 Å². The van der Waals surface area contributed by atoms with Crippen LogP contribution in [0, 0.1) is 11.7 Å². The van der Waals surface area contributed by atoms with Gasteiger partial charge in [-0.15, -0.1) is 35.7 Å². The van der Waals surface area contributed by atoms with E-state index in [4.69, 9.17) is 4.74 Å². The van der Waals surface area contributed by atoms with Gasteiger partial charge in [-0.05, 0) is 36.6 Å². The minimum atomic E-state index is -0.187. The van der Waals surface area contributed by atoms with Gasteiger partial charge in [-0.25, -0.2) is 4.39 Å². The normalized spacial score (nSPS) is 21.2.